The first-order chi connectivity index (χ1) is 6.41. The van der Waals surface area contributed by atoms with Gasteiger partial charge in [-0.3, -0.25) is 9.58 Å². The Hall–Kier alpha value is -0.830. The molecule has 3 nitrogen and oxygen atoms in total. The molecule has 0 aromatic carbocycles. The van der Waals surface area contributed by atoms with Crippen molar-refractivity contribution in [2.75, 3.05) is 0 Å². The van der Waals surface area contributed by atoms with Crippen molar-refractivity contribution in [3.05, 3.63) is 17.5 Å². The summed E-state index contributed by atoms with van der Waals surface area (Å²) >= 11 is 0. The summed E-state index contributed by atoms with van der Waals surface area (Å²) in [6, 6.07) is 0.484. The second-order valence-electron chi connectivity index (χ2n) is 5.15. The Morgan fingerprint density at radius 2 is 2.07 bits per heavy atom. The number of aryl methyl sites for hydroxylation is 1. The fraction of sp³-hybridized carbons (Fsp3) is 0.727. The summed E-state index contributed by atoms with van der Waals surface area (Å²) in [6.07, 6.45) is 2.00. The molecule has 2 heterocycles. The maximum Gasteiger partial charge on any atom is 0.0595 e. The molecule has 0 N–H and O–H groups in total. The van der Waals surface area contributed by atoms with E-state index >= 15 is 0 Å². The molecule has 1 aromatic heterocycles. The van der Waals surface area contributed by atoms with Crippen LogP contribution in [0.3, 0.4) is 0 Å². The van der Waals surface area contributed by atoms with Crippen molar-refractivity contribution in [1.29, 1.82) is 0 Å². The molecule has 1 aliphatic heterocycles. The first-order valence-electron chi connectivity index (χ1n) is 5.19. The molecule has 1 aliphatic rings. The molecule has 1 atom stereocenters. The molecule has 0 bridgehead atoms. The minimum Gasteiger partial charge on any atom is -0.286 e. The molecule has 14 heavy (non-hydrogen) atoms. The van der Waals surface area contributed by atoms with Crippen molar-refractivity contribution in [3.8, 4) is 0 Å². The van der Waals surface area contributed by atoms with E-state index in [-0.39, 0.29) is 5.54 Å². The molecule has 78 valence electrons. The van der Waals surface area contributed by atoms with Crippen LogP contribution >= 0.6 is 0 Å². The number of aromatic nitrogens is 2. The number of nitrogens with zero attached hydrogens (tertiary/aromatic N) is 3. The minimum atomic E-state index is 0.235. The number of fused-ring (bicyclic) bond motifs is 1. The van der Waals surface area contributed by atoms with E-state index < -0.39 is 0 Å². The van der Waals surface area contributed by atoms with Gasteiger partial charge in [0.2, 0.25) is 0 Å². The van der Waals surface area contributed by atoms with Crippen molar-refractivity contribution in [2.24, 2.45) is 7.05 Å². The molecule has 0 saturated heterocycles. The van der Waals surface area contributed by atoms with Gasteiger partial charge in [-0.15, -0.1) is 0 Å². The summed E-state index contributed by atoms with van der Waals surface area (Å²) in [5.74, 6) is 0. The Morgan fingerprint density at radius 1 is 1.43 bits per heavy atom. The SMILES string of the molecule is C[C@@H]1c2c(cnn2C)CN1C(C)(C)C. The van der Waals surface area contributed by atoms with Gasteiger partial charge in [0.05, 0.1) is 17.9 Å². The summed E-state index contributed by atoms with van der Waals surface area (Å²) in [5, 5.41) is 4.30. The maximum atomic E-state index is 4.30. The fourth-order valence-electron chi connectivity index (χ4n) is 2.44. The average molecular weight is 193 g/mol. The van der Waals surface area contributed by atoms with E-state index in [9.17, 15) is 0 Å². The van der Waals surface area contributed by atoms with Crippen LogP contribution in [0.4, 0.5) is 0 Å². The highest BCUT2D eigenvalue weighted by molar-refractivity contribution is 5.26. The van der Waals surface area contributed by atoms with Crippen LogP contribution in [0.15, 0.2) is 6.20 Å². The van der Waals surface area contributed by atoms with Crippen LogP contribution in [0.1, 0.15) is 45.0 Å². The van der Waals surface area contributed by atoms with Gasteiger partial charge >= 0.3 is 0 Å². The van der Waals surface area contributed by atoms with Gasteiger partial charge in [0.25, 0.3) is 0 Å². The molecule has 2 rings (SSSR count). The van der Waals surface area contributed by atoms with Crippen LogP contribution < -0.4 is 0 Å². The van der Waals surface area contributed by atoms with Gasteiger partial charge in [-0.2, -0.15) is 5.10 Å². The van der Waals surface area contributed by atoms with Gasteiger partial charge in [-0.25, -0.2) is 0 Å². The van der Waals surface area contributed by atoms with E-state index in [0.29, 0.717) is 6.04 Å². The topological polar surface area (TPSA) is 21.1 Å². The molecular formula is C11H19N3. The predicted molar refractivity (Wildman–Crippen MR) is 56.9 cm³/mol. The third-order valence-corrected chi connectivity index (χ3v) is 3.13. The second kappa shape index (κ2) is 2.83. The molecule has 3 heteroatoms. The first-order valence-corrected chi connectivity index (χ1v) is 5.19. The molecule has 0 radical (unpaired) electrons. The average Bonchev–Trinajstić information content (AvgIpc) is 2.53. The molecule has 0 unspecified atom stereocenters. The molecule has 0 amide bonds. The van der Waals surface area contributed by atoms with Gasteiger partial charge in [0, 0.05) is 24.7 Å². The van der Waals surface area contributed by atoms with Crippen molar-refractivity contribution in [2.45, 2.75) is 45.8 Å². The van der Waals surface area contributed by atoms with Crippen molar-refractivity contribution in [3.63, 3.8) is 0 Å². The monoisotopic (exact) mass is 193 g/mol. The standard InChI is InChI=1S/C11H19N3/c1-8-10-9(6-12-13(10)5)7-14(8)11(2,3)4/h6,8H,7H2,1-5H3/t8-/m1/s1. The van der Waals surface area contributed by atoms with E-state index in [0.717, 1.165) is 6.54 Å². The maximum absolute atomic E-state index is 4.30. The molecule has 1 aromatic rings. The van der Waals surface area contributed by atoms with Gasteiger partial charge in [-0.1, -0.05) is 0 Å². The highest BCUT2D eigenvalue weighted by Gasteiger charge is 2.36. The van der Waals surface area contributed by atoms with Crippen LogP contribution in [-0.4, -0.2) is 20.2 Å². The summed E-state index contributed by atoms with van der Waals surface area (Å²) in [5.41, 5.74) is 2.99. The Morgan fingerprint density at radius 3 is 2.57 bits per heavy atom. The van der Waals surface area contributed by atoms with Crippen molar-refractivity contribution in [1.82, 2.24) is 14.7 Å². The first kappa shape index (κ1) is 9.71. The normalized spacial score (nSPS) is 22.8. The van der Waals surface area contributed by atoms with E-state index in [1.807, 2.05) is 17.9 Å². The Labute approximate surface area is 85.7 Å². The smallest absolute Gasteiger partial charge is 0.0595 e. The van der Waals surface area contributed by atoms with Gasteiger partial charge in [0.1, 0.15) is 0 Å². The number of hydrogen-bond acceptors (Lipinski definition) is 2. The molecular weight excluding hydrogens is 174 g/mol. The third kappa shape index (κ3) is 1.27. The zero-order chi connectivity index (χ0) is 10.5. The predicted octanol–water partition coefficient (Wildman–Crippen LogP) is 2.10. The molecule has 0 spiro atoms. The zero-order valence-electron chi connectivity index (χ0n) is 9.70. The number of rotatable bonds is 0. The van der Waals surface area contributed by atoms with E-state index in [1.165, 1.54) is 11.3 Å². The second-order valence-corrected chi connectivity index (χ2v) is 5.15. The zero-order valence-corrected chi connectivity index (χ0v) is 9.70. The van der Waals surface area contributed by atoms with Crippen LogP contribution in [0.5, 0.6) is 0 Å². The Balaban J connectivity index is 2.35. The van der Waals surface area contributed by atoms with Gasteiger partial charge in [0.15, 0.2) is 0 Å². The summed E-state index contributed by atoms with van der Waals surface area (Å²) in [7, 11) is 2.03. The van der Waals surface area contributed by atoms with Crippen LogP contribution in [0, 0.1) is 0 Å². The Kier molecular flexibility index (Phi) is 1.96. The molecule has 0 saturated carbocycles. The highest BCUT2D eigenvalue weighted by Crippen LogP contribution is 2.37. The lowest BCUT2D eigenvalue weighted by atomic mass is 10.1. The molecule has 0 aliphatic carbocycles. The van der Waals surface area contributed by atoms with Gasteiger partial charge in [-0.05, 0) is 27.7 Å². The molecule has 0 fully saturated rings. The largest absolute Gasteiger partial charge is 0.286 e. The lowest BCUT2D eigenvalue weighted by Crippen LogP contribution is -2.39. The van der Waals surface area contributed by atoms with E-state index in [2.05, 4.69) is 37.7 Å². The lowest BCUT2D eigenvalue weighted by molar-refractivity contribution is 0.0964. The van der Waals surface area contributed by atoms with Gasteiger partial charge < -0.3 is 0 Å². The van der Waals surface area contributed by atoms with E-state index in [4.69, 9.17) is 0 Å². The summed E-state index contributed by atoms with van der Waals surface area (Å²) < 4.78 is 2.01. The van der Waals surface area contributed by atoms with Crippen molar-refractivity contribution >= 4 is 0 Å². The Bertz CT molecular complexity index is 346. The fourth-order valence-corrected chi connectivity index (χ4v) is 2.44. The number of hydrogen-bond donors (Lipinski definition) is 0. The summed E-state index contributed by atoms with van der Waals surface area (Å²) in [4.78, 5) is 2.51. The van der Waals surface area contributed by atoms with Crippen LogP contribution in [0.2, 0.25) is 0 Å². The quantitative estimate of drug-likeness (QED) is 0.629. The summed E-state index contributed by atoms with van der Waals surface area (Å²) in [6.45, 7) is 10.1. The van der Waals surface area contributed by atoms with Crippen LogP contribution in [-0.2, 0) is 13.6 Å². The highest BCUT2D eigenvalue weighted by atomic mass is 15.3. The van der Waals surface area contributed by atoms with Crippen molar-refractivity contribution < 1.29 is 0 Å². The minimum absolute atomic E-state index is 0.235. The third-order valence-electron chi connectivity index (χ3n) is 3.13. The van der Waals surface area contributed by atoms with E-state index in [1.54, 1.807) is 0 Å². The lowest BCUT2D eigenvalue weighted by Gasteiger charge is -2.35. The van der Waals surface area contributed by atoms with Crippen LogP contribution in [0.25, 0.3) is 0 Å².